The molecular weight excluding hydrogens is 446 g/mol. The van der Waals surface area contributed by atoms with Gasteiger partial charge in [0.15, 0.2) is 12.4 Å². The Kier molecular flexibility index (Phi) is 6.64. The van der Waals surface area contributed by atoms with Gasteiger partial charge in [-0.2, -0.15) is 4.31 Å². The summed E-state index contributed by atoms with van der Waals surface area (Å²) < 4.78 is 42.6. The Hall–Kier alpha value is -3.01. The van der Waals surface area contributed by atoms with Crippen molar-refractivity contribution in [3.63, 3.8) is 0 Å². The molecule has 1 aromatic heterocycles. The average molecular weight is 472 g/mol. The topological polar surface area (TPSA) is 103 Å². The largest absolute Gasteiger partial charge is 0.464 e. The summed E-state index contributed by atoms with van der Waals surface area (Å²) in [4.78, 5) is 24.8. The van der Waals surface area contributed by atoms with Gasteiger partial charge >= 0.3 is 5.97 Å². The number of hydrogen-bond donors (Lipinski definition) is 0. The smallest absolute Gasteiger partial charge is 0.310 e. The zero-order valence-electron chi connectivity index (χ0n) is 18.5. The van der Waals surface area contributed by atoms with Crippen molar-refractivity contribution in [3.05, 3.63) is 64.9 Å². The summed E-state index contributed by atoms with van der Waals surface area (Å²) in [7, 11) is -3.64. The number of Topliss-reactive ketones (excluding diaryl/α,β-unsaturated/α-hetero) is 1. The van der Waals surface area contributed by atoms with Crippen LogP contribution in [-0.4, -0.2) is 57.4 Å². The zero-order valence-corrected chi connectivity index (χ0v) is 19.3. The number of hydrogen-bond acceptors (Lipinski definition) is 7. The van der Waals surface area contributed by atoms with Crippen LogP contribution in [0.2, 0.25) is 0 Å². The number of carbonyl (C=O) groups is 2. The standard InChI is InChI=1S/C24H25NO7S/c1-16-11-21-19(14-31-23(21)12-17(16)2)13-24(27)32-15-22(26)18-3-5-20(6-4-18)33(28,29)25-7-9-30-10-8-25/h3-6,11-12,14H,7-10,13,15H2,1-2H3. The molecule has 1 aliphatic rings. The number of ketones is 1. The second-order valence-electron chi connectivity index (χ2n) is 8.00. The molecule has 0 aliphatic carbocycles. The van der Waals surface area contributed by atoms with E-state index >= 15 is 0 Å². The van der Waals surface area contributed by atoms with Crippen molar-refractivity contribution in [1.29, 1.82) is 0 Å². The van der Waals surface area contributed by atoms with Gasteiger partial charge in [-0.25, -0.2) is 8.42 Å². The number of fused-ring (bicyclic) bond motifs is 1. The summed E-state index contributed by atoms with van der Waals surface area (Å²) in [6, 6.07) is 9.53. The Morgan fingerprint density at radius 3 is 2.39 bits per heavy atom. The summed E-state index contributed by atoms with van der Waals surface area (Å²) in [5, 5.41) is 0.846. The highest BCUT2D eigenvalue weighted by Gasteiger charge is 2.26. The van der Waals surface area contributed by atoms with E-state index in [1.807, 2.05) is 26.0 Å². The average Bonchev–Trinajstić information content (AvgIpc) is 3.19. The maximum absolute atomic E-state index is 12.7. The molecule has 0 atom stereocenters. The predicted molar refractivity (Wildman–Crippen MR) is 121 cm³/mol. The molecule has 9 heteroatoms. The molecule has 174 valence electrons. The van der Waals surface area contributed by atoms with E-state index in [1.165, 1.54) is 34.8 Å². The highest BCUT2D eigenvalue weighted by Crippen LogP contribution is 2.25. The molecule has 0 N–H and O–H groups in total. The minimum Gasteiger partial charge on any atom is -0.464 e. The Balaban J connectivity index is 1.36. The van der Waals surface area contributed by atoms with Gasteiger partial charge in [0, 0.05) is 29.6 Å². The molecule has 0 unspecified atom stereocenters. The summed E-state index contributed by atoms with van der Waals surface area (Å²) >= 11 is 0. The molecule has 0 spiro atoms. The predicted octanol–water partition coefficient (Wildman–Crippen LogP) is 3.04. The lowest BCUT2D eigenvalue weighted by atomic mass is 10.0. The van der Waals surface area contributed by atoms with Crippen molar-refractivity contribution in [2.75, 3.05) is 32.9 Å². The molecule has 1 saturated heterocycles. The van der Waals surface area contributed by atoms with E-state index in [2.05, 4.69) is 0 Å². The molecule has 2 aromatic carbocycles. The molecule has 1 aliphatic heterocycles. The Labute approximate surface area is 192 Å². The monoisotopic (exact) mass is 471 g/mol. The maximum Gasteiger partial charge on any atom is 0.310 e. The van der Waals surface area contributed by atoms with Gasteiger partial charge in [0.2, 0.25) is 10.0 Å². The first-order chi connectivity index (χ1) is 15.8. The van der Waals surface area contributed by atoms with Crippen LogP contribution in [0.25, 0.3) is 11.0 Å². The summed E-state index contributed by atoms with van der Waals surface area (Å²) in [5.41, 5.74) is 3.85. The molecule has 33 heavy (non-hydrogen) atoms. The van der Waals surface area contributed by atoms with Crippen LogP contribution < -0.4 is 0 Å². The van der Waals surface area contributed by atoms with Crippen LogP contribution in [0.1, 0.15) is 27.0 Å². The van der Waals surface area contributed by atoms with Gasteiger partial charge in [-0.15, -0.1) is 0 Å². The van der Waals surface area contributed by atoms with Crippen molar-refractivity contribution in [2.45, 2.75) is 25.2 Å². The third-order valence-electron chi connectivity index (χ3n) is 5.75. The number of benzene rings is 2. The fourth-order valence-electron chi connectivity index (χ4n) is 3.66. The third kappa shape index (κ3) is 5.00. The number of nitrogens with zero attached hydrogens (tertiary/aromatic N) is 1. The van der Waals surface area contributed by atoms with E-state index in [4.69, 9.17) is 13.9 Å². The van der Waals surface area contributed by atoms with Crippen LogP contribution in [0.4, 0.5) is 0 Å². The number of ether oxygens (including phenoxy) is 2. The van der Waals surface area contributed by atoms with Gasteiger partial charge in [0.1, 0.15) is 5.58 Å². The minimum atomic E-state index is -3.64. The molecule has 0 saturated carbocycles. The zero-order chi connectivity index (χ0) is 23.6. The second-order valence-corrected chi connectivity index (χ2v) is 9.93. The molecule has 8 nitrogen and oxygen atoms in total. The molecule has 3 aromatic rings. The number of morpholine rings is 1. The van der Waals surface area contributed by atoms with E-state index in [9.17, 15) is 18.0 Å². The number of furan rings is 1. The molecule has 0 bridgehead atoms. The molecule has 4 rings (SSSR count). The van der Waals surface area contributed by atoms with E-state index < -0.39 is 28.4 Å². The van der Waals surface area contributed by atoms with Crippen molar-refractivity contribution < 1.29 is 31.9 Å². The van der Waals surface area contributed by atoms with Gasteiger partial charge < -0.3 is 13.9 Å². The minimum absolute atomic E-state index is 0.0144. The van der Waals surface area contributed by atoms with Crippen molar-refractivity contribution in [2.24, 2.45) is 0 Å². The van der Waals surface area contributed by atoms with E-state index in [-0.39, 0.29) is 16.9 Å². The highest BCUT2D eigenvalue weighted by molar-refractivity contribution is 7.89. The lowest BCUT2D eigenvalue weighted by Crippen LogP contribution is -2.40. The van der Waals surface area contributed by atoms with Gasteiger partial charge in [0.25, 0.3) is 0 Å². The first-order valence-electron chi connectivity index (χ1n) is 10.6. The SMILES string of the molecule is Cc1cc2occ(CC(=O)OCC(=O)c3ccc(S(=O)(=O)N4CCOCC4)cc3)c2cc1C. The summed E-state index contributed by atoms with van der Waals surface area (Å²) in [6.07, 6.45) is 1.51. The second kappa shape index (κ2) is 9.46. The number of aryl methyl sites for hydroxylation is 2. The summed E-state index contributed by atoms with van der Waals surface area (Å²) in [6.45, 7) is 4.85. The normalized spacial score (nSPS) is 15.0. The van der Waals surface area contributed by atoms with Gasteiger partial charge in [-0.3, -0.25) is 9.59 Å². The lowest BCUT2D eigenvalue weighted by Gasteiger charge is -2.26. The van der Waals surface area contributed by atoms with Crippen LogP contribution >= 0.6 is 0 Å². The number of esters is 1. The first kappa shape index (κ1) is 23.2. The highest BCUT2D eigenvalue weighted by atomic mass is 32.2. The molecule has 2 heterocycles. The fourth-order valence-corrected chi connectivity index (χ4v) is 5.07. The number of rotatable bonds is 7. The van der Waals surface area contributed by atoms with Crippen molar-refractivity contribution in [3.8, 4) is 0 Å². The Morgan fingerprint density at radius 1 is 1.03 bits per heavy atom. The molecule has 1 fully saturated rings. The van der Waals surface area contributed by atoms with Crippen molar-refractivity contribution >= 4 is 32.7 Å². The van der Waals surface area contributed by atoms with E-state index in [0.29, 0.717) is 37.4 Å². The Morgan fingerprint density at radius 2 is 1.70 bits per heavy atom. The van der Waals surface area contributed by atoms with E-state index in [0.717, 1.165) is 16.5 Å². The van der Waals surface area contributed by atoms with Gasteiger partial charge in [0.05, 0.1) is 30.8 Å². The maximum atomic E-state index is 12.7. The summed E-state index contributed by atoms with van der Waals surface area (Å²) in [5.74, 6) is -0.960. The molecule has 0 radical (unpaired) electrons. The Bertz CT molecular complexity index is 1290. The lowest BCUT2D eigenvalue weighted by molar-refractivity contribution is -0.141. The molecule has 0 amide bonds. The van der Waals surface area contributed by atoms with Gasteiger partial charge in [-0.1, -0.05) is 0 Å². The molecular formula is C24H25NO7S. The third-order valence-corrected chi connectivity index (χ3v) is 7.67. The van der Waals surface area contributed by atoms with Crippen LogP contribution in [0.5, 0.6) is 0 Å². The van der Waals surface area contributed by atoms with Crippen LogP contribution in [0.3, 0.4) is 0 Å². The quantitative estimate of drug-likeness (QED) is 0.385. The van der Waals surface area contributed by atoms with E-state index in [1.54, 1.807) is 0 Å². The van der Waals surface area contributed by atoms with Crippen molar-refractivity contribution in [1.82, 2.24) is 4.31 Å². The van der Waals surface area contributed by atoms with Crippen LogP contribution in [-0.2, 0) is 30.7 Å². The van der Waals surface area contributed by atoms with Gasteiger partial charge in [-0.05, 0) is 61.4 Å². The van der Waals surface area contributed by atoms with Crippen LogP contribution in [0.15, 0.2) is 52.0 Å². The fraction of sp³-hybridized carbons (Fsp3) is 0.333. The first-order valence-corrected chi connectivity index (χ1v) is 12.0. The number of carbonyl (C=O) groups excluding carboxylic acids is 2. The number of sulfonamides is 1. The van der Waals surface area contributed by atoms with Crippen LogP contribution in [0, 0.1) is 13.8 Å².